The molecule has 0 bridgehead atoms. The summed E-state index contributed by atoms with van der Waals surface area (Å²) in [5, 5.41) is 3.43. The first-order chi connectivity index (χ1) is 13.9. The number of hydrogen-bond donors (Lipinski definition) is 2. The number of halogens is 1. The van der Waals surface area contributed by atoms with Gasteiger partial charge in [-0.3, -0.25) is 19.7 Å². The van der Waals surface area contributed by atoms with Crippen LogP contribution in [-0.2, 0) is 17.6 Å². The zero-order chi connectivity index (χ0) is 20.5. The number of benzene rings is 1. The van der Waals surface area contributed by atoms with E-state index in [4.69, 9.17) is 0 Å². The van der Waals surface area contributed by atoms with Crippen LogP contribution in [0.5, 0.6) is 0 Å². The Labute approximate surface area is 183 Å². The van der Waals surface area contributed by atoms with Crippen LogP contribution in [-0.4, -0.2) is 27.5 Å². The number of thiophene rings is 1. The largest absolute Gasteiger partial charge is 0.301 e. The van der Waals surface area contributed by atoms with Crippen LogP contribution in [0.25, 0.3) is 10.2 Å². The lowest BCUT2D eigenvalue weighted by Gasteiger charge is -2.17. The van der Waals surface area contributed by atoms with Gasteiger partial charge in [0.1, 0.15) is 4.83 Å². The van der Waals surface area contributed by atoms with Gasteiger partial charge in [-0.25, -0.2) is 4.98 Å². The van der Waals surface area contributed by atoms with Crippen LogP contribution < -0.4 is 10.9 Å². The zero-order valence-electron chi connectivity index (χ0n) is 15.6. The van der Waals surface area contributed by atoms with Crippen molar-refractivity contribution < 1.29 is 9.59 Å². The van der Waals surface area contributed by atoms with Crippen LogP contribution in [0.2, 0.25) is 0 Å². The Morgan fingerprint density at radius 2 is 2.10 bits per heavy atom. The number of aromatic amines is 1. The predicted octanol–water partition coefficient (Wildman–Crippen LogP) is 3.92. The molecule has 6 nitrogen and oxygen atoms in total. The average Bonchev–Trinajstić information content (AvgIpc) is 3.04. The number of aromatic nitrogens is 2. The molecule has 2 amide bonds. The lowest BCUT2D eigenvalue weighted by Crippen LogP contribution is -2.31. The molecule has 0 radical (unpaired) electrons. The number of hydrogen-bond acceptors (Lipinski definition) is 6. The maximum atomic E-state index is 12.6. The Kier molecular flexibility index (Phi) is 5.89. The smallest absolute Gasteiger partial charge is 0.260 e. The van der Waals surface area contributed by atoms with Crippen molar-refractivity contribution in [2.24, 2.45) is 5.92 Å². The normalized spacial score (nSPS) is 15.9. The minimum absolute atomic E-state index is 0.0150. The summed E-state index contributed by atoms with van der Waals surface area (Å²) in [6.45, 7) is 2.22. The third-order valence-corrected chi connectivity index (χ3v) is 7.39. The van der Waals surface area contributed by atoms with Gasteiger partial charge >= 0.3 is 0 Å². The topological polar surface area (TPSA) is 91.9 Å². The van der Waals surface area contributed by atoms with Crippen molar-refractivity contribution in [3.8, 4) is 0 Å². The lowest BCUT2D eigenvalue weighted by molar-refractivity contribution is -0.117. The van der Waals surface area contributed by atoms with Crippen molar-refractivity contribution in [1.29, 1.82) is 0 Å². The molecule has 9 heteroatoms. The van der Waals surface area contributed by atoms with Crippen LogP contribution in [0, 0.1) is 5.92 Å². The molecular weight excluding hydrogens is 474 g/mol. The molecule has 1 unspecified atom stereocenters. The number of aryl methyl sites for hydroxylation is 1. The van der Waals surface area contributed by atoms with Crippen molar-refractivity contribution in [3.05, 3.63) is 55.1 Å². The number of rotatable bonds is 4. The number of imide groups is 1. The lowest BCUT2D eigenvalue weighted by atomic mass is 9.89. The van der Waals surface area contributed by atoms with Crippen molar-refractivity contribution in [1.82, 2.24) is 15.3 Å². The number of H-pyrrole nitrogens is 1. The minimum atomic E-state index is -0.458. The summed E-state index contributed by atoms with van der Waals surface area (Å²) >= 11 is 5.99. The van der Waals surface area contributed by atoms with E-state index in [1.54, 1.807) is 35.6 Å². The molecule has 0 saturated heterocycles. The predicted molar refractivity (Wildman–Crippen MR) is 119 cm³/mol. The number of nitrogens with zero attached hydrogens (tertiary/aromatic N) is 1. The quantitative estimate of drug-likeness (QED) is 0.426. The monoisotopic (exact) mass is 491 g/mol. The summed E-state index contributed by atoms with van der Waals surface area (Å²) in [4.78, 5) is 46.1. The van der Waals surface area contributed by atoms with Gasteiger partial charge in [0.15, 0.2) is 5.16 Å². The Balaban J connectivity index is 1.44. The molecule has 2 aromatic heterocycles. The van der Waals surface area contributed by atoms with Gasteiger partial charge in [0.05, 0.1) is 11.1 Å². The van der Waals surface area contributed by atoms with Crippen LogP contribution in [0.1, 0.15) is 34.1 Å². The van der Waals surface area contributed by atoms with Gasteiger partial charge in [-0.2, -0.15) is 0 Å². The number of thioether (sulfide) groups is 1. The summed E-state index contributed by atoms with van der Waals surface area (Å²) in [6.07, 6.45) is 2.98. The number of carbonyl (C=O) groups excluding carboxylic acids is 2. The first-order valence-electron chi connectivity index (χ1n) is 9.18. The summed E-state index contributed by atoms with van der Waals surface area (Å²) in [7, 11) is 0. The zero-order valence-corrected chi connectivity index (χ0v) is 18.8. The highest BCUT2D eigenvalue weighted by molar-refractivity contribution is 9.10. The number of nitrogens with one attached hydrogen (secondary N) is 2. The van der Waals surface area contributed by atoms with Gasteiger partial charge in [0.2, 0.25) is 5.91 Å². The van der Waals surface area contributed by atoms with Crippen LogP contribution in [0.4, 0.5) is 0 Å². The van der Waals surface area contributed by atoms with E-state index in [2.05, 4.69) is 38.1 Å². The van der Waals surface area contributed by atoms with E-state index in [1.165, 1.54) is 4.88 Å². The fraction of sp³-hybridized carbons (Fsp3) is 0.300. The van der Waals surface area contributed by atoms with Gasteiger partial charge in [0.25, 0.3) is 11.5 Å². The number of fused-ring (bicyclic) bond motifs is 3. The molecule has 0 fully saturated rings. The van der Waals surface area contributed by atoms with Crippen molar-refractivity contribution in [2.75, 3.05) is 5.75 Å². The molecule has 4 rings (SSSR count). The molecular formula is C20H18BrN3O3S2. The van der Waals surface area contributed by atoms with Crippen LogP contribution >= 0.6 is 39.0 Å². The van der Waals surface area contributed by atoms with E-state index in [-0.39, 0.29) is 11.3 Å². The van der Waals surface area contributed by atoms with E-state index < -0.39 is 11.8 Å². The molecule has 0 spiro atoms. The van der Waals surface area contributed by atoms with E-state index >= 15 is 0 Å². The Morgan fingerprint density at radius 3 is 2.86 bits per heavy atom. The van der Waals surface area contributed by atoms with Crippen molar-refractivity contribution in [2.45, 2.75) is 31.3 Å². The SMILES string of the molecule is CC1CCc2c(sc3nc(SCC(=O)NC(=O)c4ccc(Br)cc4)[nH]c(=O)c23)C1. The van der Waals surface area contributed by atoms with Gasteiger partial charge in [-0.05, 0) is 55.0 Å². The number of amides is 2. The standard InChI is InChI=1S/C20H18BrN3O3S2/c1-10-2-7-13-14(8-10)29-19-16(13)18(27)23-20(24-19)28-9-15(25)22-17(26)11-3-5-12(21)6-4-11/h3-6,10H,2,7-9H2,1H3,(H,22,25,26)(H,23,24,27). The fourth-order valence-corrected chi connectivity index (χ4v) is 5.73. The van der Waals surface area contributed by atoms with E-state index in [1.807, 2.05) is 0 Å². The third kappa shape index (κ3) is 4.46. The Hall–Kier alpha value is -1.97. The molecule has 1 aliphatic rings. The van der Waals surface area contributed by atoms with Gasteiger partial charge < -0.3 is 4.98 Å². The van der Waals surface area contributed by atoms with Gasteiger partial charge in [-0.15, -0.1) is 11.3 Å². The molecule has 2 N–H and O–H groups in total. The van der Waals surface area contributed by atoms with E-state index in [0.717, 1.165) is 45.9 Å². The second kappa shape index (κ2) is 8.41. The maximum absolute atomic E-state index is 12.6. The van der Waals surface area contributed by atoms with E-state index in [0.29, 0.717) is 22.0 Å². The second-order valence-electron chi connectivity index (χ2n) is 7.08. The molecule has 0 aliphatic heterocycles. The van der Waals surface area contributed by atoms with Crippen LogP contribution in [0.15, 0.2) is 38.7 Å². The summed E-state index contributed by atoms with van der Waals surface area (Å²) in [5.41, 5.74) is 1.38. The molecule has 29 heavy (non-hydrogen) atoms. The summed E-state index contributed by atoms with van der Waals surface area (Å²) < 4.78 is 0.853. The molecule has 1 atom stereocenters. The third-order valence-electron chi connectivity index (χ3n) is 4.84. The van der Waals surface area contributed by atoms with Crippen molar-refractivity contribution in [3.63, 3.8) is 0 Å². The first kappa shape index (κ1) is 20.3. The molecule has 1 aromatic carbocycles. The molecule has 0 saturated carbocycles. The maximum Gasteiger partial charge on any atom is 0.260 e. The molecule has 1 aliphatic carbocycles. The average molecular weight is 492 g/mol. The molecule has 3 aromatic rings. The minimum Gasteiger partial charge on any atom is -0.301 e. The molecule has 150 valence electrons. The van der Waals surface area contributed by atoms with E-state index in [9.17, 15) is 14.4 Å². The second-order valence-corrected chi connectivity index (χ2v) is 10.0. The van der Waals surface area contributed by atoms with Crippen molar-refractivity contribution >= 4 is 61.1 Å². The first-order valence-corrected chi connectivity index (χ1v) is 11.8. The highest BCUT2D eigenvalue weighted by Crippen LogP contribution is 2.36. The molecule has 2 heterocycles. The van der Waals surface area contributed by atoms with Crippen LogP contribution in [0.3, 0.4) is 0 Å². The number of carbonyl (C=O) groups is 2. The van der Waals surface area contributed by atoms with Gasteiger partial charge in [-0.1, -0.05) is 34.6 Å². The Morgan fingerprint density at radius 1 is 1.34 bits per heavy atom. The summed E-state index contributed by atoms with van der Waals surface area (Å²) in [5.74, 6) is -0.292. The fourth-order valence-electron chi connectivity index (χ4n) is 3.37. The van der Waals surface area contributed by atoms with Gasteiger partial charge in [0, 0.05) is 14.9 Å². The highest BCUT2D eigenvalue weighted by atomic mass is 79.9. The summed E-state index contributed by atoms with van der Waals surface area (Å²) in [6, 6.07) is 6.73. The Bertz CT molecular complexity index is 1150. The highest BCUT2D eigenvalue weighted by Gasteiger charge is 2.23.